The molecule has 3 rings (SSSR count). The first kappa shape index (κ1) is 18.5. The molecule has 1 amide bonds. The number of carbonyl (C=O) groups is 1. The van der Waals surface area contributed by atoms with Crippen molar-refractivity contribution in [1.82, 2.24) is 9.78 Å². The van der Waals surface area contributed by atoms with Gasteiger partial charge in [-0.15, -0.1) is 0 Å². The number of carbonyl (C=O) groups excluding carboxylic acids is 1. The van der Waals surface area contributed by atoms with Crippen LogP contribution in [0.2, 0.25) is 0 Å². The van der Waals surface area contributed by atoms with Gasteiger partial charge in [0.05, 0.1) is 11.4 Å². The first-order valence-corrected chi connectivity index (χ1v) is 8.64. The third-order valence-corrected chi connectivity index (χ3v) is 4.23. The molecule has 2 aromatic carbocycles. The molecule has 3 aromatic rings. The summed E-state index contributed by atoms with van der Waals surface area (Å²) in [6.07, 6.45) is 0. The van der Waals surface area contributed by atoms with Crippen molar-refractivity contribution in [3.8, 4) is 5.69 Å². The van der Waals surface area contributed by atoms with E-state index < -0.39 is 17.2 Å². The summed E-state index contributed by atoms with van der Waals surface area (Å²) in [6, 6.07) is 15.1. The minimum atomic E-state index is -0.739. The Kier molecular flexibility index (Phi) is 5.16. The topological polar surface area (TPSA) is 64.0 Å². The molecule has 5 nitrogen and oxygen atoms in total. The smallest absolute Gasteiger partial charge is 0.280 e. The molecule has 0 aliphatic heterocycles. The van der Waals surface area contributed by atoms with Gasteiger partial charge in [-0.05, 0) is 36.6 Å². The van der Waals surface area contributed by atoms with Gasteiger partial charge in [-0.3, -0.25) is 9.59 Å². The molecule has 0 bridgehead atoms. The lowest BCUT2D eigenvalue weighted by molar-refractivity contribution is 0.101. The summed E-state index contributed by atoms with van der Waals surface area (Å²) in [5.41, 5.74) is 1.24. The van der Waals surface area contributed by atoms with Gasteiger partial charge >= 0.3 is 0 Å². The molecule has 1 N–H and O–H groups in total. The van der Waals surface area contributed by atoms with E-state index in [1.54, 1.807) is 19.1 Å². The third kappa shape index (κ3) is 3.79. The molecule has 0 spiro atoms. The van der Waals surface area contributed by atoms with E-state index in [0.29, 0.717) is 11.3 Å². The molecule has 0 radical (unpaired) electrons. The number of anilines is 1. The van der Waals surface area contributed by atoms with E-state index in [0.717, 1.165) is 5.69 Å². The van der Waals surface area contributed by atoms with Crippen LogP contribution in [0.5, 0.6) is 0 Å². The van der Waals surface area contributed by atoms with E-state index >= 15 is 0 Å². The predicted molar refractivity (Wildman–Crippen MR) is 103 cm³/mol. The molecule has 0 atom stereocenters. The molecular formula is C21H20FN3O2. The molecule has 1 heterocycles. The van der Waals surface area contributed by atoms with Crippen LogP contribution in [-0.4, -0.2) is 15.7 Å². The highest BCUT2D eigenvalue weighted by Crippen LogP contribution is 2.27. The second-order valence-corrected chi connectivity index (χ2v) is 6.56. The van der Waals surface area contributed by atoms with Gasteiger partial charge in [-0.25, -0.2) is 9.07 Å². The zero-order chi connectivity index (χ0) is 19.6. The zero-order valence-electron chi connectivity index (χ0n) is 15.4. The van der Waals surface area contributed by atoms with E-state index in [2.05, 4.69) is 10.4 Å². The highest BCUT2D eigenvalue weighted by molar-refractivity contribution is 6.03. The lowest BCUT2D eigenvalue weighted by atomic mass is 10.0. The minimum Gasteiger partial charge on any atom is -0.318 e. The number of amides is 1. The van der Waals surface area contributed by atoms with Crippen LogP contribution < -0.4 is 10.7 Å². The number of nitrogens with zero attached hydrogens (tertiary/aromatic N) is 2. The van der Waals surface area contributed by atoms with Gasteiger partial charge in [-0.1, -0.05) is 44.2 Å². The fourth-order valence-electron chi connectivity index (χ4n) is 2.86. The Labute approximate surface area is 156 Å². The van der Waals surface area contributed by atoms with Crippen molar-refractivity contribution >= 4 is 11.6 Å². The van der Waals surface area contributed by atoms with Crippen LogP contribution in [0.3, 0.4) is 0 Å². The fraction of sp³-hybridized carbons (Fsp3) is 0.190. The average Bonchev–Trinajstić information content (AvgIpc) is 2.64. The Balaban J connectivity index is 2.03. The molecule has 0 saturated heterocycles. The second kappa shape index (κ2) is 7.53. The number of aromatic nitrogens is 2. The predicted octanol–water partition coefficient (Wildman–Crippen LogP) is 4.06. The SMILES string of the molecule is Cc1cc(=O)c(C(=O)Nc2c(F)cccc2C(C)C)nn1-c1ccccc1. The summed E-state index contributed by atoms with van der Waals surface area (Å²) in [6.45, 7) is 5.53. The van der Waals surface area contributed by atoms with E-state index in [-0.39, 0.29) is 17.3 Å². The van der Waals surface area contributed by atoms with Gasteiger partial charge in [0, 0.05) is 11.8 Å². The van der Waals surface area contributed by atoms with Crippen molar-refractivity contribution in [3.63, 3.8) is 0 Å². The van der Waals surface area contributed by atoms with Crippen molar-refractivity contribution < 1.29 is 9.18 Å². The molecule has 1 aromatic heterocycles. The normalized spacial score (nSPS) is 10.9. The third-order valence-electron chi connectivity index (χ3n) is 4.23. The molecular weight excluding hydrogens is 345 g/mol. The van der Waals surface area contributed by atoms with Gasteiger partial charge in [-0.2, -0.15) is 5.10 Å². The molecule has 138 valence electrons. The monoisotopic (exact) mass is 365 g/mol. The number of hydrogen-bond donors (Lipinski definition) is 1. The van der Waals surface area contributed by atoms with Gasteiger partial charge < -0.3 is 5.32 Å². The maximum Gasteiger partial charge on any atom is 0.280 e. The minimum absolute atomic E-state index is 0.00273. The van der Waals surface area contributed by atoms with Crippen LogP contribution in [-0.2, 0) is 0 Å². The average molecular weight is 365 g/mol. The van der Waals surface area contributed by atoms with Crippen molar-refractivity contribution in [2.45, 2.75) is 26.7 Å². The molecule has 0 aliphatic carbocycles. The second-order valence-electron chi connectivity index (χ2n) is 6.56. The summed E-state index contributed by atoms with van der Waals surface area (Å²) >= 11 is 0. The first-order chi connectivity index (χ1) is 12.9. The van der Waals surface area contributed by atoms with Crippen molar-refractivity contribution in [2.75, 3.05) is 5.32 Å². The lowest BCUT2D eigenvalue weighted by Gasteiger charge is -2.15. The van der Waals surface area contributed by atoms with Crippen LogP contribution in [0, 0.1) is 12.7 Å². The Morgan fingerprint density at radius 2 is 1.81 bits per heavy atom. The molecule has 0 aliphatic rings. The van der Waals surface area contributed by atoms with Gasteiger partial charge in [0.15, 0.2) is 5.69 Å². The van der Waals surface area contributed by atoms with Crippen LogP contribution in [0.15, 0.2) is 59.4 Å². The zero-order valence-corrected chi connectivity index (χ0v) is 15.4. The number of benzene rings is 2. The summed E-state index contributed by atoms with van der Waals surface area (Å²) in [7, 11) is 0. The first-order valence-electron chi connectivity index (χ1n) is 8.64. The van der Waals surface area contributed by atoms with Gasteiger partial charge in [0.25, 0.3) is 5.91 Å². The highest BCUT2D eigenvalue weighted by atomic mass is 19.1. The number of rotatable bonds is 4. The standard InChI is InChI=1S/C21H20FN3O2/c1-13(2)16-10-7-11-17(22)19(16)23-21(27)20-18(26)12-14(3)25(24-20)15-8-5-4-6-9-15/h4-13H,1-3H3,(H,23,27). The molecule has 27 heavy (non-hydrogen) atoms. The maximum absolute atomic E-state index is 14.3. The van der Waals surface area contributed by atoms with Crippen LogP contribution in [0.1, 0.15) is 41.5 Å². The van der Waals surface area contributed by atoms with Crippen LogP contribution >= 0.6 is 0 Å². The summed E-state index contributed by atoms with van der Waals surface area (Å²) in [5.74, 6) is -1.29. The quantitative estimate of drug-likeness (QED) is 0.758. The Hall–Kier alpha value is -3.28. The molecule has 0 fully saturated rings. The highest BCUT2D eigenvalue weighted by Gasteiger charge is 2.19. The van der Waals surface area contributed by atoms with E-state index in [1.165, 1.54) is 16.8 Å². The summed E-state index contributed by atoms with van der Waals surface area (Å²) in [4.78, 5) is 25.0. The number of nitrogens with one attached hydrogen (secondary N) is 1. The number of aryl methyl sites for hydroxylation is 1. The van der Waals surface area contributed by atoms with Crippen molar-refractivity contribution in [1.29, 1.82) is 0 Å². The van der Waals surface area contributed by atoms with Gasteiger partial charge in [0.2, 0.25) is 5.43 Å². The van der Waals surface area contributed by atoms with Crippen molar-refractivity contribution in [2.24, 2.45) is 0 Å². The molecule has 0 unspecified atom stereocenters. The molecule has 0 saturated carbocycles. The van der Waals surface area contributed by atoms with E-state index in [4.69, 9.17) is 0 Å². The van der Waals surface area contributed by atoms with Gasteiger partial charge in [0.1, 0.15) is 5.82 Å². The maximum atomic E-state index is 14.3. The summed E-state index contributed by atoms with van der Waals surface area (Å²) in [5, 5.41) is 6.74. The summed E-state index contributed by atoms with van der Waals surface area (Å²) < 4.78 is 15.8. The Morgan fingerprint density at radius 1 is 1.11 bits per heavy atom. The number of halogens is 1. The number of hydrogen-bond acceptors (Lipinski definition) is 3. The van der Waals surface area contributed by atoms with Crippen molar-refractivity contribution in [3.05, 3.63) is 87.6 Å². The van der Waals surface area contributed by atoms with Crippen LogP contribution in [0.25, 0.3) is 5.69 Å². The van der Waals surface area contributed by atoms with Crippen LogP contribution in [0.4, 0.5) is 10.1 Å². The van der Waals surface area contributed by atoms with E-state index in [1.807, 2.05) is 44.2 Å². The Bertz CT molecular complexity index is 1040. The lowest BCUT2D eigenvalue weighted by Crippen LogP contribution is -2.27. The fourth-order valence-corrected chi connectivity index (χ4v) is 2.86. The Morgan fingerprint density at radius 3 is 2.48 bits per heavy atom. The molecule has 6 heteroatoms. The largest absolute Gasteiger partial charge is 0.318 e. The number of para-hydroxylation sites is 2. The van der Waals surface area contributed by atoms with E-state index in [9.17, 15) is 14.0 Å².